The van der Waals surface area contributed by atoms with Crippen LogP contribution in [0.15, 0.2) is 58.1 Å². The number of aryl methyl sites for hydroxylation is 1. The van der Waals surface area contributed by atoms with E-state index in [9.17, 15) is 33.6 Å². The van der Waals surface area contributed by atoms with Crippen LogP contribution in [0.4, 0.5) is 4.79 Å². The average molecular weight is 1570 g/mol. The molecule has 6 rings (SSSR count). The second-order valence-corrected chi connectivity index (χ2v) is 28.9. The number of methoxy groups -OCH3 is 3. The summed E-state index contributed by atoms with van der Waals surface area (Å²) in [6.07, 6.45) is -8.57. The first-order valence-corrected chi connectivity index (χ1v) is 37.7. The summed E-state index contributed by atoms with van der Waals surface area (Å²) >= 11 is 0. The quantitative estimate of drug-likeness (QED) is 0.0126. The minimum Gasteiger partial charge on any atom is -0.467 e. The lowest BCUT2D eigenvalue weighted by atomic mass is 9.89. The van der Waals surface area contributed by atoms with Crippen LogP contribution in [0.1, 0.15) is 125 Å². The number of ether oxygens (including phenoxy) is 13. The molecular weight excluding hydrogens is 1450 g/mol. The van der Waals surface area contributed by atoms with E-state index < -0.39 is 158 Å². The van der Waals surface area contributed by atoms with Crippen molar-refractivity contribution in [3.63, 3.8) is 0 Å². The summed E-state index contributed by atoms with van der Waals surface area (Å²) in [5.41, 5.74) is 9.82. The highest BCUT2D eigenvalue weighted by Gasteiger charge is 2.54. The Morgan fingerprint density at radius 1 is 0.820 bits per heavy atom. The number of carbonyl (C=O) groups excluding carboxylic acids is 11. The van der Waals surface area contributed by atoms with Gasteiger partial charge < -0.3 is 86.4 Å². The number of hydrogen-bond acceptors (Lipinski definition) is 26. The van der Waals surface area contributed by atoms with Gasteiger partial charge in [-0.15, -0.1) is 0 Å². The molecule has 2 N–H and O–H groups in total. The SMILES string of the molecule is CCC(C)[C@@H]([C@@H](CC(=O)N1CCC[C@H]1[C@H](OC)[C@@H](C)C(=O)NC(Cc1ccccc1)C(=O)OC)OC)N(C)C(=O)[C@H]1NC(=O)[C@H](C(C)C)N(C)C(=O)OCc2ccc(O[C@@H]3O[C@H](COC(C)=O)[C@H](OC(C)=O)[C@H](OC(C)=O)[C@H]3OC(C)=O)c3cc(oc23)CCCC(=O)[N+](C)(CCOCCOCCOCCN=[N+]=[N-])CC1C. The van der Waals surface area contributed by atoms with E-state index in [0.717, 1.165) is 38.2 Å². The van der Waals surface area contributed by atoms with Gasteiger partial charge in [-0.2, -0.15) is 0 Å². The molecule has 4 heterocycles. The molecule has 4 unspecified atom stereocenters. The van der Waals surface area contributed by atoms with E-state index in [1.54, 1.807) is 52.8 Å². The molecule has 2 bridgehead atoms. The smallest absolute Gasteiger partial charge is 0.410 e. The normalized spacial score (nSPS) is 23.7. The monoisotopic (exact) mass is 1560 g/mol. The summed E-state index contributed by atoms with van der Waals surface area (Å²) in [7, 11) is 8.86. The van der Waals surface area contributed by atoms with Gasteiger partial charge in [0.05, 0.1) is 109 Å². The standard InChI is InChI=1S/C77H113N9O25/c1-17-46(4)66(60(98-14)41-62(91)85-31-22-26-58(85)67(99-15)48(6)72(93)80-57(75(96)100-16)39-53-23-19-18-20-24-53)83(11)74(95)64-47(5)42-86(13,32-34-102-36-38-103-37-35-101-33-30-79-82-78)63(92)27-21-25-55-40-56-59(29-28-54(68(56)109-55)43-105-77(97)84(12)65(45(2)3)73(94)81-64)110-76-71(108-52(10)90)70(107-51(9)89)69(106-50(8)88)61(111-76)44-104-49(7)87/h18-20,23-24,28-29,40,45-48,57-58,60-61,64-67,69-71,76H,17,21-22,25-27,30-39,41-44H2,1-16H3,(H-,80,81,93,94)/p+1/t46?,47?,48-,57?,58+,60-,61-,64+,65+,66+,67-,69+,70+,71-,76-,86?/m1/s1. The van der Waals surface area contributed by atoms with Crippen LogP contribution < -0.4 is 15.4 Å². The largest absolute Gasteiger partial charge is 0.467 e. The molecular formula is C77H114N9O25+. The van der Waals surface area contributed by atoms with Crippen molar-refractivity contribution in [1.29, 1.82) is 0 Å². The van der Waals surface area contributed by atoms with E-state index >= 15 is 19.2 Å². The second kappa shape index (κ2) is 44.3. The molecule has 2 fully saturated rings. The summed E-state index contributed by atoms with van der Waals surface area (Å²) in [5.74, 6) is -8.60. The predicted molar refractivity (Wildman–Crippen MR) is 397 cm³/mol. The lowest BCUT2D eigenvalue weighted by molar-refractivity contribution is -0.839. The number of nitrogens with one attached hydrogen (secondary N) is 2. The Morgan fingerprint density at radius 3 is 2.08 bits per heavy atom. The number of furan rings is 1. The molecule has 3 aliphatic heterocycles. The summed E-state index contributed by atoms with van der Waals surface area (Å²) in [6.45, 7) is 15.7. The Labute approximate surface area is 648 Å². The third-order valence-electron chi connectivity index (χ3n) is 20.4. The zero-order valence-corrected chi connectivity index (χ0v) is 66.8. The Morgan fingerprint density at radius 2 is 1.47 bits per heavy atom. The van der Waals surface area contributed by atoms with Gasteiger partial charge in [-0.1, -0.05) is 83.4 Å². The molecule has 2 aromatic carbocycles. The van der Waals surface area contributed by atoms with Crippen LogP contribution in [0, 0.1) is 23.7 Å². The maximum atomic E-state index is 16.0. The number of likely N-dealkylation sites (tertiary alicyclic amines) is 1. The maximum absolute atomic E-state index is 16.0. The van der Waals surface area contributed by atoms with Crippen molar-refractivity contribution in [3.05, 3.63) is 75.9 Å². The summed E-state index contributed by atoms with van der Waals surface area (Å²) in [4.78, 5) is 161. The Bertz CT molecular complexity index is 3670. The van der Waals surface area contributed by atoms with Gasteiger partial charge in [-0.3, -0.25) is 47.7 Å². The summed E-state index contributed by atoms with van der Waals surface area (Å²) < 4.78 is 81.9. The number of esters is 5. The van der Waals surface area contributed by atoms with Crippen LogP contribution in [0.25, 0.3) is 21.4 Å². The lowest BCUT2D eigenvalue weighted by Crippen LogP contribution is -2.63. The second-order valence-electron chi connectivity index (χ2n) is 28.9. The number of benzene rings is 2. The molecule has 2 saturated heterocycles. The van der Waals surface area contributed by atoms with Crippen LogP contribution in [-0.4, -0.2) is 273 Å². The molecule has 0 saturated carbocycles. The molecule has 616 valence electrons. The van der Waals surface area contributed by atoms with Crippen molar-refractivity contribution in [1.82, 2.24) is 25.3 Å². The number of hydrogen-bond donors (Lipinski definition) is 2. The summed E-state index contributed by atoms with van der Waals surface area (Å²) in [6, 6.07) is 8.76. The highest BCUT2D eigenvalue weighted by Crippen LogP contribution is 2.38. The van der Waals surface area contributed by atoms with Crippen LogP contribution in [0.5, 0.6) is 5.75 Å². The molecule has 3 aliphatic rings. The fraction of sp³-hybridized carbons (Fsp3) is 0.675. The molecule has 0 spiro atoms. The van der Waals surface area contributed by atoms with Gasteiger partial charge in [-0.25, -0.2) is 14.4 Å². The number of azide groups is 1. The number of fused-ring (bicyclic) bond motifs is 1. The third kappa shape index (κ3) is 25.8. The van der Waals surface area contributed by atoms with Crippen LogP contribution >= 0.6 is 0 Å². The van der Waals surface area contributed by atoms with Crippen molar-refractivity contribution in [2.45, 2.75) is 200 Å². The topological polar surface area (TPSA) is 403 Å². The van der Waals surface area contributed by atoms with E-state index in [-0.39, 0.29) is 130 Å². The highest BCUT2D eigenvalue weighted by molar-refractivity contribution is 5.92. The molecule has 1 aromatic heterocycles. The number of rotatable bonds is 36. The van der Waals surface area contributed by atoms with Crippen molar-refractivity contribution < 1.29 is 123 Å². The third-order valence-corrected chi connectivity index (χ3v) is 20.4. The van der Waals surface area contributed by atoms with Crippen LogP contribution in [-0.2, 0) is 124 Å². The molecule has 16 atom stereocenters. The minimum absolute atomic E-state index is 0.0300. The molecule has 0 radical (unpaired) electrons. The van der Waals surface area contributed by atoms with Gasteiger partial charge in [-0.05, 0) is 60.4 Å². The van der Waals surface area contributed by atoms with Gasteiger partial charge >= 0.3 is 41.8 Å². The highest BCUT2D eigenvalue weighted by atomic mass is 16.7. The number of amides is 6. The first kappa shape index (κ1) is 90.9. The number of cyclic esters (lactones) is 1. The molecule has 3 aromatic rings. The number of quaternary nitrogens is 1. The number of likely N-dealkylation sites (N-methyl/N-ethyl adjacent to an activating group) is 3. The average Bonchev–Trinajstić information content (AvgIpc) is 1.75. The molecule has 0 aliphatic carbocycles. The molecule has 34 nitrogen and oxygen atoms in total. The van der Waals surface area contributed by atoms with E-state index in [1.807, 2.05) is 44.2 Å². The van der Waals surface area contributed by atoms with Crippen LogP contribution in [0.3, 0.4) is 0 Å². The van der Waals surface area contributed by atoms with Crippen molar-refractivity contribution in [3.8, 4) is 5.75 Å². The first-order valence-electron chi connectivity index (χ1n) is 37.7. The van der Waals surface area contributed by atoms with E-state index in [2.05, 4.69) is 20.7 Å². The zero-order chi connectivity index (χ0) is 81.8. The van der Waals surface area contributed by atoms with Gasteiger partial charge in [0.1, 0.15) is 61.1 Å². The van der Waals surface area contributed by atoms with E-state index in [0.29, 0.717) is 37.1 Å². The Kier molecular flexibility index (Phi) is 36.2. The lowest BCUT2D eigenvalue weighted by Gasteiger charge is -2.43. The fourth-order valence-corrected chi connectivity index (χ4v) is 14.6. The minimum atomic E-state index is -1.66. The van der Waals surface area contributed by atoms with Gasteiger partial charge in [0.25, 0.3) is 0 Å². The van der Waals surface area contributed by atoms with Gasteiger partial charge in [0.2, 0.25) is 36.0 Å². The van der Waals surface area contributed by atoms with Gasteiger partial charge in [0, 0.05) is 98.3 Å². The van der Waals surface area contributed by atoms with Crippen molar-refractivity contribution in [2.24, 2.45) is 28.8 Å². The molecule has 34 heteroatoms. The van der Waals surface area contributed by atoms with E-state index in [4.69, 9.17) is 71.5 Å². The van der Waals surface area contributed by atoms with Crippen molar-refractivity contribution in [2.75, 3.05) is 115 Å². The van der Waals surface area contributed by atoms with E-state index in [1.165, 1.54) is 45.4 Å². The zero-order valence-electron chi connectivity index (χ0n) is 66.8. The molecule has 111 heavy (non-hydrogen) atoms. The summed E-state index contributed by atoms with van der Waals surface area (Å²) in [5, 5.41) is 9.62. The van der Waals surface area contributed by atoms with Crippen molar-refractivity contribution >= 4 is 76.4 Å². The fourth-order valence-electron chi connectivity index (χ4n) is 14.6. The number of nitrogens with zero attached hydrogens (tertiary/aromatic N) is 7. The predicted octanol–water partition coefficient (Wildman–Crippen LogP) is 6.10. The number of carbonyl (C=O) groups is 11. The Balaban J connectivity index is 1.35. The Hall–Kier alpha value is -9.02. The molecule has 6 amide bonds. The van der Waals surface area contributed by atoms with Gasteiger partial charge in [0.15, 0.2) is 12.2 Å². The maximum Gasteiger partial charge on any atom is 0.410 e. The van der Waals surface area contributed by atoms with Crippen LogP contribution in [0.2, 0.25) is 0 Å². The first-order chi connectivity index (χ1) is 52.8.